The zero-order valence-corrected chi connectivity index (χ0v) is 27.0. The topological polar surface area (TPSA) is 38.7 Å². The van der Waals surface area contributed by atoms with E-state index in [2.05, 4.69) is 52.2 Å². The van der Waals surface area contributed by atoms with Crippen LogP contribution >= 0.6 is 0 Å². The standard InChI is InChI=1S/C35H70NO3/c1-5-7-9-11-13-15-17-19-21-23-25-27-31-38-34-35(33-36(3,4)29-30-37)39-32-28-26-24-22-20-18-16-14-12-10-8-6-2/h11-14,35,37H,5-10,15-34H2,1-4H3/q+1/b13-11+,14-12+. The molecule has 4 heteroatoms. The Bertz CT molecular complexity index is 532. The Morgan fingerprint density at radius 3 is 1.51 bits per heavy atom. The Kier molecular flexibility index (Phi) is 29.8. The number of nitrogens with zero attached hydrogens (tertiary/aromatic N) is 1. The molecular formula is C35H70NO3+. The van der Waals surface area contributed by atoms with E-state index >= 15 is 0 Å². The third-order valence-electron chi connectivity index (χ3n) is 7.52. The summed E-state index contributed by atoms with van der Waals surface area (Å²) in [5, 5.41) is 9.43. The molecule has 0 amide bonds. The van der Waals surface area contributed by atoms with Gasteiger partial charge in [-0.2, -0.15) is 0 Å². The summed E-state index contributed by atoms with van der Waals surface area (Å²) in [5.41, 5.74) is 0. The van der Waals surface area contributed by atoms with Crippen LogP contribution in [0.1, 0.15) is 142 Å². The molecule has 0 aromatic carbocycles. The monoisotopic (exact) mass is 553 g/mol. The van der Waals surface area contributed by atoms with E-state index in [0.717, 1.165) is 43.6 Å². The van der Waals surface area contributed by atoms with Gasteiger partial charge in [0, 0.05) is 13.2 Å². The molecule has 0 radical (unpaired) electrons. The number of allylic oxidation sites excluding steroid dienone is 4. The van der Waals surface area contributed by atoms with Crippen LogP contribution < -0.4 is 0 Å². The van der Waals surface area contributed by atoms with E-state index in [1.54, 1.807) is 0 Å². The summed E-state index contributed by atoms with van der Waals surface area (Å²) in [5.74, 6) is 0. The highest BCUT2D eigenvalue weighted by atomic mass is 16.5. The molecule has 0 aromatic rings. The molecule has 0 aliphatic carbocycles. The molecule has 0 saturated heterocycles. The first kappa shape index (κ1) is 38.3. The van der Waals surface area contributed by atoms with E-state index in [9.17, 15) is 5.11 Å². The Labute approximate surface area is 245 Å². The van der Waals surface area contributed by atoms with Crippen molar-refractivity contribution in [3.05, 3.63) is 24.3 Å². The minimum absolute atomic E-state index is 0.108. The van der Waals surface area contributed by atoms with Crippen molar-refractivity contribution < 1.29 is 19.1 Å². The summed E-state index contributed by atoms with van der Waals surface area (Å²) in [6.45, 7) is 8.69. The van der Waals surface area contributed by atoms with E-state index < -0.39 is 0 Å². The Balaban J connectivity index is 3.88. The SMILES string of the molecule is CCCC/C=C/CCCCCCCCOCC(C[N+](C)(C)CCO)OCCCCCCCC/C=C/CCCC. The molecule has 0 fully saturated rings. The molecule has 1 atom stereocenters. The Hall–Kier alpha value is -0.680. The highest BCUT2D eigenvalue weighted by molar-refractivity contribution is 4.81. The normalized spacial score (nSPS) is 13.3. The third kappa shape index (κ3) is 30.1. The molecule has 1 N–H and O–H groups in total. The van der Waals surface area contributed by atoms with Crippen LogP contribution in [-0.2, 0) is 9.47 Å². The fourth-order valence-electron chi connectivity index (χ4n) is 4.89. The first-order chi connectivity index (χ1) is 19.1. The second-order valence-corrected chi connectivity index (χ2v) is 12.2. The first-order valence-electron chi connectivity index (χ1n) is 17.0. The first-order valence-corrected chi connectivity index (χ1v) is 17.0. The summed E-state index contributed by atoms with van der Waals surface area (Å²) in [6.07, 6.45) is 35.2. The quantitative estimate of drug-likeness (QED) is 0.0529. The third-order valence-corrected chi connectivity index (χ3v) is 7.52. The Morgan fingerprint density at radius 1 is 0.590 bits per heavy atom. The van der Waals surface area contributed by atoms with Gasteiger partial charge in [0.15, 0.2) is 0 Å². The van der Waals surface area contributed by atoms with Gasteiger partial charge in [0.2, 0.25) is 0 Å². The van der Waals surface area contributed by atoms with Gasteiger partial charge in [-0.3, -0.25) is 0 Å². The molecule has 0 aliphatic heterocycles. The number of unbranched alkanes of at least 4 members (excludes halogenated alkanes) is 16. The number of aliphatic hydroxyl groups excluding tert-OH is 1. The van der Waals surface area contributed by atoms with Gasteiger partial charge < -0.3 is 19.1 Å². The lowest BCUT2D eigenvalue weighted by atomic mass is 10.1. The number of aliphatic hydroxyl groups is 1. The van der Waals surface area contributed by atoms with Crippen molar-refractivity contribution in [3.63, 3.8) is 0 Å². The zero-order chi connectivity index (χ0) is 28.7. The summed E-state index contributed by atoms with van der Waals surface area (Å²) in [4.78, 5) is 0. The number of likely N-dealkylation sites (N-methyl/N-ethyl adjacent to an activating group) is 1. The van der Waals surface area contributed by atoms with Crippen molar-refractivity contribution in [2.24, 2.45) is 0 Å². The minimum Gasteiger partial charge on any atom is -0.391 e. The Morgan fingerprint density at radius 2 is 1.03 bits per heavy atom. The molecule has 4 nitrogen and oxygen atoms in total. The van der Waals surface area contributed by atoms with Gasteiger partial charge in [-0.05, 0) is 51.4 Å². The molecule has 0 spiro atoms. The van der Waals surface area contributed by atoms with E-state index in [1.807, 2.05) is 0 Å². The van der Waals surface area contributed by atoms with Gasteiger partial charge in [0.1, 0.15) is 19.2 Å². The summed E-state index contributed by atoms with van der Waals surface area (Å²) in [7, 11) is 4.35. The van der Waals surface area contributed by atoms with Gasteiger partial charge in [-0.1, -0.05) is 115 Å². The molecule has 0 aliphatic rings. The lowest BCUT2D eigenvalue weighted by molar-refractivity contribution is -0.893. The fourth-order valence-corrected chi connectivity index (χ4v) is 4.89. The second-order valence-electron chi connectivity index (χ2n) is 12.2. The van der Waals surface area contributed by atoms with Crippen molar-refractivity contribution >= 4 is 0 Å². The van der Waals surface area contributed by atoms with E-state index in [0.29, 0.717) is 6.61 Å². The lowest BCUT2D eigenvalue weighted by Gasteiger charge is -2.32. The summed E-state index contributed by atoms with van der Waals surface area (Å²) in [6, 6.07) is 0. The molecule has 0 heterocycles. The van der Waals surface area contributed by atoms with Crippen LogP contribution in [-0.4, -0.2) is 69.3 Å². The maximum absolute atomic E-state index is 9.43. The van der Waals surface area contributed by atoms with E-state index in [4.69, 9.17) is 9.47 Å². The van der Waals surface area contributed by atoms with Crippen LogP contribution in [0.4, 0.5) is 0 Å². The average Bonchev–Trinajstić information content (AvgIpc) is 2.91. The van der Waals surface area contributed by atoms with Crippen LogP contribution in [0.3, 0.4) is 0 Å². The molecule has 1 unspecified atom stereocenters. The van der Waals surface area contributed by atoms with E-state index in [-0.39, 0.29) is 12.7 Å². The maximum atomic E-state index is 9.43. The molecule has 232 valence electrons. The summed E-state index contributed by atoms with van der Waals surface area (Å²) >= 11 is 0. The predicted octanol–water partition coefficient (Wildman–Crippen LogP) is 9.41. The van der Waals surface area contributed by atoms with Crippen LogP contribution in [0.2, 0.25) is 0 Å². The van der Waals surface area contributed by atoms with Gasteiger partial charge in [0.05, 0.1) is 27.3 Å². The van der Waals surface area contributed by atoms with E-state index in [1.165, 1.54) is 116 Å². The van der Waals surface area contributed by atoms with Crippen molar-refractivity contribution in [2.75, 3.05) is 53.6 Å². The van der Waals surface area contributed by atoms with Crippen LogP contribution in [0, 0.1) is 0 Å². The van der Waals surface area contributed by atoms with Crippen molar-refractivity contribution in [2.45, 2.75) is 148 Å². The fraction of sp³-hybridized carbons (Fsp3) is 0.886. The van der Waals surface area contributed by atoms with Gasteiger partial charge in [-0.25, -0.2) is 0 Å². The summed E-state index contributed by atoms with van der Waals surface area (Å²) < 4.78 is 13.1. The number of rotatable bonds is 31. The van der Waals surface area contributed by atoms with Crippen LogP contribution in [0.5, 0.6) is 0 Å². The molecular weight excluding hydrogens is 482 g/mol. The predicted molar refractivity (Wildman–Crippen MR) is 171 cm³/mol. The van der Waals surface area contributed by atoms with Crippen LogP contribution in [0.15, 0.2) is 24.3 Å². The maximum Gasteiger partial charge on any atom is 0.130 e. The molecule has 39 heavy (non-hydrogen) atoms. The average molecular weight is 553 g/mol. The van der Waals surface area contributed by atoms with Gasteiger partial charge in [-0.15, -0.1) is 0 Å². The second kappa shape index (κ2) is 30.3. The van der Waals surface area contributed by atoms with Crippen molar-refractivity contribution in [1.29, 1.82) is 0 Å². The highest BCUT2D eigenvalue weighted by Crippen LogP contribution is 2.11. The largest absolute Gasteiger partial charge is 0.391 e. The van der Waals surface area contributed by atoms with Gasteiger partial charge >= 0.3 is 0 Å². The number of hydrogen-bond donors (Lipinski definition) is 1. The molecule has 0 aromatic heterocycles. The number of quaternary nitrogens is 1. The number of hydrogen-bond acceptors (Lipinski definition) is 3. The smallest absolute Gasteiger partial charge is 0.130 e. The van der Waals surface area contributed by atoms with Gasteiger partial charge in [0.25, 0.3) is 0 Å². The lowest BCUT2D eigenvalue weighted by Crippen LogP contribution is -2.49. The van der Waals surface area contributed by atoms with Crippen LogP contribution in [0.25, 0.3) is 0 Å². The molecule has 0 saturated carbocycles. The number of ether oxygens (including phenoxy) is 2. The zero-order valence-electron chi connectivity index (χ0n) is 27.0. The molecule has 0 bridgehead atoms. The van der Waals surface area contributed by atoms with Crippen molar-refractivity contribution in [1.82, 2.24) is 0 Å². The molecule has 0 rings (SSSR count). The highest BCUT2D eigenvalue weighted by Gasteiger charge is 2.22. The minimum atomic E-state index is 0.108. The van der Waals surface area contributed by atoms with Crippen molar-refractivity contribution in [3.8, 4) is 0 Å².